The van der Waals surface area contributed by atoms with Crippen LogP contribution in [0.2, 0.25) is 0 Å². The summed E-state index contributed by atoms with van der Waals surface area (Å²) in [4.78, 5) is 25.1. The molecule has 1 N–H and O–H groups in total. The van der Waals surface area contributed by atoms with E-state index in [0.717, 1.165) is 19.4 Å². The molecule has 1 aliphatic rings. The summed E-state index contributed by atoms with van der Waals surface area (Å²) in [5, 5.41) is 14.3. The lowest BCUT2D eigenvalue weighted by atomic mass is 9.93. The number of hydrogen-bond donors (Lipinski definition) is 1. The standard InChI is InChI=1S/C17H24BrN3O3/c1-17(2,3)16(22)19-10-12-5-4-8-20(11-12)14-7-6-13(18)9-15(14)21(23)24/h6-7,9,12H,4-5,8,10-11H2,1-3H3,(H,19,22). The number of nitro benzene ring substituents is 1. The van der Waals surface area contributed by atoms with Crippen molar-refractivity contribution in [2.24, 2.45) is 11.3 Å². The van der Waals surface area contributed by atoms with Crippen LogP contribution in [-0.2, 0) is 4.79 Å². The molecule has 0 bridgehead atoms. The van der Waals surface area contributed by atoms with Gasteiger partial charge in [0.15, 0.2) is 0 Å². The molecule has 1 aromatic rings. The summed E-state index contributed by atoms with van der Waals surface area (Å²) < 4.78 is 0.698. The smallest absolute Gasteiger partial charge is 0.293 e. The fourth-order valence-corrected chi connectivity index (χ4v) is 3.21. The van der Waals surface area contributed by atoms with Gasteiger partial charge in [0.2, 0.25) is 5.91 Å². The molecule has 132 valence electrons. The number of benzene rings is 1. The molecule has 1 aliphatic heterocycles. The van der Waals surface area contributed by atoms with Gasteiger partial charge in [0, 0.05) is 35.6 Å². The van der Waals surface area contributed by atoms with Crippen LogP contribution in [0, 0.1) is 21.4 Å². The first-order valence-corrected chi connectivity index (χ1v) is 8.95. The number of carbonyl (C=O) groups excluding carboxylic acids is 1. The van der Waals surface area contributed by atoms with Gasteiger partial charge in [-0.2, -0.15) is 0 Å². The molecule has 24 heavy (non-hydrogen) atoms. The minimum atomic E-state index is -0.404. The third-order valence-electron chi connectivity index (χ3n) is 4.23. The van der Waals surface area contributed by atoms with Crippen LogP contribution in [0.5, 0.6) is 0 Å². The normalized spacial score (nSPS) is 18.3. The first-order valence-electron chi connectivity index (χ1n) is 8.15. The Morgan fingerprint density at radius 3 is 2.79 bits per heavy atom. The van der Waals surface area contributed by atoms with E-state index in [1.807, 2.05) is 26.8 Å². The second kappa shape index (κ2) is 7.51. The quantitative estimate of drug-likeness (QED) is 0.620. The number of halogens is 1. The lowest BCUT2D eigenvalue weighted by molar-refractivity contribution is -0.384. The highest BCUT2D eigenvalue weighted by Crippen LogP contribution is 2.33. The van der Waals surface area contributed by atoms with Gasteiger partial charge in [0.1, 0.15) is 5.69 Å². The van der Waals surface area contributed by atoms with Crippen molar-refractivity contribution in [3.63, 3.8) is 0 Å². The van der Waals surface area contributed by atoms with E-state index in [-0.39, 0.29) is 16.5 Å². The van der Waals surface area contributed by atoms with Gasteiger partial charge in [-0.1, -0.05) is 36.7 Å². The second-order valence-corrected chi connectivity index (χ2v) is 8.22. The van der Waals surface area contributed by atoms with Crippen LogP contribution in [0.1, 0.15) is 33.6 Å². The molecule has 0 saturated carbocycles. The predicted octanol–water partition coefficient (Wildman–Crippen LogP) is 3.74. The number of nitrogens with zero attached hydrogens (tertiary/aromatic N) is 2. The van der Waals surface area contributed by atoms with E-state index < -0.39 is 5.41 Å². The molecule has 1 saturated heterocycles. The Morgan fingerprint density at radius 2 is 2.17 bits per heavy atom. The highest BCUT2D eigenvalue weighted by atomic mass is 79.9. The average molecular weight is 398 g/mol. The van der Waals surface area contributed by atoms with Crippen molar-refractivity contribution < 1.29 is 9.72 Å². The summed E-state index contributed by atoms with van der Waals surface area (Å²) >= 11 is 3.29. The van der Waals surface area contributed by atoms with Gasteiger partial charge in [-0.25, -0.2) is 0 Å². The maximum Gasteiger partial charge on any atom is 0.293 e. The van der Waals surface area contributed by atoms with Crippen molar-refractivity contribution >= 4 is 33.2 Å². The van der Waals surface area contributed by atoms with Gasteiger partial charge in [0.25, 0.3) is 5.69 Å². The number of hydrogen-bond acceptors (Lipinski definition) is 4. The fraction of sp³-hybridized carbons (Fsp3) is 0.588. The number of piperidine rings is 1. The molecule has 1 unspecified atom stereocenters. The first-order chi connectivity index (χ1) is 11.2. The van der Waals surface area contributed by atoms with Crippen molar-refractivity contribution in [3.8, 4) is 0 Å². The predicted molar refractivity (Wildman–Crippen MR) is 98.2 cm³/mol. The molecule has 0 spiro atoms. The van der Waals surface area contributed by atoms with E-state index in [1.54, 1.807) is 12.1 Å². The van der Waals surface area contributed by atoms with Crippen LogP contribution in [0.25, 0.3) is 0 Å². The Hall–Kier alpha value is -1.63. The Morgan fingerprint density at radius 1 is 1.46 bits per heavy atom. The minimum absolute atomic E-state index is 0.0363. The second-order valence-electron chi connectivity index (χ2n) is 7.30. The van der Waals surface area contributed by atoms with Crippen molar-refractivity contribution in [1.29, 1.82) is 0 Å². The van der Waals surface area contributed by atoms with Gasteiger partial charge < -0.3 is 10.2 Å². The van der Waals surface area contributed by atoms with E-state index in [0.29, 0.717) is 29.2 Å². The molecule has 2 rings (SSSR count). The molecule has 1 fully saturated rings. The highest BCUT2D eigenvalue weighted by molar-refractivity contribution is 9.10. The van der Waals surface area contributed by atoms with E-state index in [9.17, 15) is 14.9 Å². The molecular weight excluding hydrogens is 374 g/mol. The topological polar surface area (TPSA) is 75.5 Å². The van der Waals surface area contributed by atoms with E-state index in [1.165, 1.54) is 0 Å². The largest absolute Gasteiger partial charge is 0.366 e. The van der Waals surface area contributed by atoms with Crippen LogP contribution in [0.15, 0.2) is 22.7 Å². The van der Waals surface area contributed by atoms with Crippen molar-refractivity contribution in [1.82, 2.24) is 5.32 Å². The van der Waals surface area contributed by atoms with Crippen LogP contribution < -0.4 is 10.2 Å². The Bertz CT molecular complexity index is 628. The molecule has 1 atom stereocenters. The molecule has 1 heterocycles. The lowest BCUT2D eigenvalue weighted by Gasteiger charge is -2.34. The summed E-state index contributed by atoms with van der Waals surface area (Å²) in [5.41, 5.74) is 0.359. The Labute approximate surface area is 150 Å². The minimum Gasteiger partial charge on any atom is -0.366 e. The molecular formula is C17H24BrN3O3. The van der Waals surface area contributed by atoms with Crippen LogP contribution >= 0.6 is 15.9 Å². The van der Waals surface area contributed by atoms with Gasteiger partial charge in [-0.05, 0) is 30.9 Å². The monoisotopic (exact) mass is 397 g/mol. The van der Waals surface area contributed by atoms with E-state index in [4.69, 9.17) is 0 Å². The number of nitrogens with one attached hydrogen (secondary N) is 1. The number of rotatable bonds is 4. The third-order valence-corrected chi connectivity index (χ3v) is 4.72. The summed E-state index contributed by atoms with van der Waals surface area (Å²) in [7, 11) is 0. The maximum absolute atomic E-state index is 12.0. The number of nitro groups is 1. The third kappa shape index (κ3) is 4.69. The molecule has 0 radical (unpaired) electrons. The van der Waals surface area contributed by atoms with Crippen LogP contribution in [-0.4, -0.2) is 30.5 Å². The number of anilines is 1. The summed E-state index contributed by atoms with van der Waals surface area (Å²) in [6.45, 7) is 7.79. The average Bonchev–Trinajstić information content (AvgIpc) is 2.51. The summed E-state index contributed by atoms with van der Waals surface area (Å²) in [6.07, 6.45) is 1.98. The van der Waals surface area contributed by atoms with Gasteiger partial charge in [0.05, 0.1) is 4.92 Å². The lowest BCUT2D eigenvalue weighted by Crippen LogP contribution is -2.43. The molecule has 0 aliphatic carbocycles. The zero-order chi connectivity index (χ0) is 17.9. The van der Waals surface area contributed by atoms with Gasteiger partial charge in [-0.3, -0.25) is 14.9 Å². The van der Waals surface area contributed by atoms with Crippen LogP contribution in [0.4, 0.5) is 11.4 Å². The first kappa shape index (κ1) is 18.7. The van der Waals surface area contributed by atoms with E-state index >= 15 is 0 Å². The molecule has 1 amide bonds. The molecule has 6 nitrogen and oxygen atoms in total. The number of amides is 1. The zero-order valence-electron chi connectivity index (χ0n) is 14.3. The summed E-state index contributed by atoms with van der Waals surface area (Å²) in [6, 6.07) is 5.16. The summed E-state index contributed by atoms with van der Waals surface area (Å²) in [5.74, 6) is 0.336. The van der Waals surface area contributed by atoms with E-state index in [2.05, 4.69) is 26.1 Å². The van der Waals surface area contributed by atoms with Crippen LogP contribution in [0.3, 0.4) is 0 Å². The fourth-order valence-electron chi connectivity index (χ4n) is 2.86. The number of carbonyl (C=O) groups is 1. The maximum atomic E-state index is 12.0. The Balaban J connectivity index is 2.06. The molecule has 7 heteroatoms. The van der Waals surface area contributed by atoms with Crippen molar-refractivity contribution in [3.05, 3.63) is 32.8 Å². The van der Waals surface area contributed by atoms with Gasteiger partial charge in [-0.15, -0.1) is 0 Å². The molecule has 0 aromatic heterocycles. The zero-order valence-corrected chi connectivity index (χ0v) is 15.9. The highest BCUT2D eigenvalue weighted by Gasteiger charge is 2.27. The molecule has 1 aromatic carbocycles. The van der Waals surface area contributed by atoms with Gasteiger partial charge >= 0.3 is 0 Å². The Kier molecular flexibility index (Phi) is 5.85. The van der Waals surface area contributed by atoms with Crippen molar-refractivity contribution in [2.45, 2.75) is 33.6 Å². The van der Waals surface area contributed by atoms with Crippen molar-refractivity contribution in [2.75, 3.05) is 24.5 Å². The SMILES string of the molecule is CC(C)(C)C(=O)NCC1CCCN(c2ccc(Br)cc2[N+](=O)[O-])C1.